The number of carbonyl (C=O) groups excluding carboxylic acids is 1. The maximum Gasteiger partial charge on any atom is 0.237 e. The third-order valence-corrected chi connectivity index (χ3v) is 5.00. The van der Waals surface area contributed by atoms with Crippen LogP contribution in [0.3, 0.4) is 0 Å². The fourth-order valence-electron chi connectivity index (χ4n) is 3.24. The first kappa shape index (κ1) is 19.1. The van der Waals surface area contributed by atoms with E-state index in [2.05, 4.69) is 35.2 Å². The van der Waals surface area contributed by atoms with Crippen molar-refractivity contribution in [3.63, 3.8) is 0 Å². The summed E-state index contributed by atoms with van der Waals surface area (Å²) in [5, 5.41) is 12.5. The van der Waals surface area contributed by atoms with Crippen LogP contribution in [0.25, 0.3) is 11.4 Å². The van der Waals surface area contributed by atoms with Crippen molar-refractivity contribution in [1.82, 2.24) is 24.8 Å². The van der Waals surface area contributed by atoms with Crippen molar-refractivity contribution >= 4 is 5.91 Å². The van der Waals surface area contributed by atoms with E-state index >= 15 is 0 Å². The molecular weight excluding hydrogens is 340 g/mol. The van der Waals surface area contributed by atoms with Gasteiger partial charge in [-0.25, -0.2) is 4.98 Å². The van der Waals surface area contributed by atoms with Crippen molar-refractivity contribution < 1.29 is 4.79 Å². The average molecular weight is 366 g/mol. The van der Waals surface area contributed by atoms with Gasteiger partial charge in [0.2, 0.25) is 5.91 Å². The summed E-state index contributed by atoms with van der Waals surface area (Å²) in [6.07, 6.45) is 8.10. The predicted molar refractivity (Wildman–Crippen MR) is 103 cm³/mol. The van der Waals surface area contributed by atoms with Gasteiger partial charge in [-0.05, 0) is 45.2 Å². The Bertz CT molecular complexity index is 807. The second-order valence-electron chi connectivity index (χ2n) is 7.57. The van der Waals surface area contributed by atoms with Gasteiger partial charge >= 0.3 is 0 Å². The minimum Gasteiger partial charge on any atom is -0.337 e. The molecule has 2 aromatic heterocycles. The fourth-order valence-corrected chi connectivity index (χ4v) is 3.24. The van der Waals surface area contributed by atoms with E-state index in [1.54, 1.807) is 11.1 Å². The Labute approximate surface area is 160 Å². The minimum atomic E-state index is -0.265. The summed E-state index contributed by atoms with van der Waals surface area (Å²) in [5.74, 6) is 0.00666. The summed E-state index contributed by atoms with van der Waals surface area (Å²) >= 11 is 0. The van der Waals surface area contributed by atoms with E-state index in [0.717, 1.165) is 37.2 Å². The number of nitriles is 1. The molecule has 0 spiro atoms. The Morgan fingerprint density at radius 3 is 2.96 bits per heavy atom. The molecule has 7 heteroatoms. The zero-order valence-corrected chi connectivity index (χ0v) is 15.9. The van der Waals surface area contributed by atoms with Gasteiger partial charge in [-0.15, -0.1) is 0 Å². The number of pyridine rings is 1. The van der Waals surface area contributed by atoms with Crippen molar-refractivity contribution in [3.8, 4) is 17.5 Å². The van der Waals surface area contributed by atoms with Crippen LogP contribution >= 0.6 is 0 Å². The molecule has 2 aromatic rings. The average Bonchev–Trinajstić information content (AvgIpc) is 3.34. The first-order chi connectivity index (χ1) is 13.0. The first-order valence-electron chi connectivity index (χ1n) is 9.36. The molecule has 1 atom stereocenters. The fraction of sp³-hybridized carbons (Fsp3) is 0.500. The lowest BCUT2D eigenvalue weighted by Crippen LogP contribution is -2.47. The van der Waals surface area contributed by atoms with Gasteiger partial charge in [0.25, 0.3) is 0 Å². The quantitative estimate of drug-likeness (QED) is 0.812. The van der Waals surface area contributed by atoms with Gasteiger partial charge in [-0.2, -0.15) is 5.26 Å². The molecular formula is C20H26N6O. The molecule has 1 fully saturated rings. The molecule has 0 bridgehead atoms. The number of amides is 1. The number of nitrogens with one attached hydrogen (secondary N) is 1. The standard InChI is InChI=1S/C20H26N6O/c1-20(2,24-13-19(27)26-10-5-6-16(26)12-21)8-11-25-14-18(23-15-25)17-7-3-4-9-22-17/h3-4,7,9,14-16,24H,5-6,8,10-11,13H2,1-2H3. The monoisotopic (exact) mass is 366 g/mol. The number of imidazole rings is 1. The number of nitrogens with zero attached hydrogens (tertiary/aromatic N) is 5. The Balaban J connectivity index is 1.49. The van der Waals surface area contributed by atoms with Crippen LogP contribution in [-0.2, 0) is 11.3 Å². The Kier molecular flexibility index (Phi) is 5.87. The molecule has 27 heavy (non-hydrogen) atoms. The second kappa shape index (κ2) is 8.31. The normalized spacial score (nSPS) is 17.1. The molecule has 1 unspecified atom stereocenters. The highest BCUT2D eigenvalue weighted by atomic mass is 16.2. The van der Waals surface area contributed by atoms with E-state index in [-0.39, 0.29) is 24.0 Å². The van der Waals surface area contributed by atoms with Crippen molar-refractivity contribution in [2.75, 3.05) is 13.1 Å². The number of carbonyl (C=O) groups is 1. The van der Waals surface area contributed by atoms with Gasteiger partial charge in [0, 0.05) is 31.0 Å². The van der Waals surface area contributed by atoms with Crippen molar-refractivity contribution in [2.45, 2.75) is 51.2 Å². The SMILES string of the molecule is CC(C)(CCn1cnc(-c2ccccn2)c1)NCC(=O)N1CCCC1C#N. The van der Waals surface area contributed by atoms with Crippen molar-refractivity contribution in [2.24, 2.45) is 0 Å². The largest absolute Gasteiger partial charge is 0.337 e. The molecule has 0 saturated carbocycles. The lowest BCUT2D eigenvalue weighted by molar-refractivity contribution is -0.130. The highest BCUT2D eigenvalue weighted by Crippen LogP contribution is 2.18. The number of aryl methyl sites for hydroxylation is 1. The highest BCUT2D eigenvalue weighted by Gasteiger charge is 2.29. The van der Waals surface area contributed by atoms with Crippen LogP contribution in [0.1, 0.15) is 33.1 Å². The highest BCUT2D eigenvalue weighted by molar-refractivity contribution is 5.79. The number of hydrogen-bond acceptors (Lipinski definition) is 5. The molecule has 1 saturated heterocycles. The van der Waals surface area contributed by atoms with Crippen LogP contribution in [0.5, 0.6) is 0 Å². The molecule has 142 valence electrons. The maximum atomic E-state index is 12.4. The van der Waals surface area contributed by atoms with Crippen LogP contribution in [-0.4, -0.2) is 50.0 Å². The summed E-state index contributed by atoms with van der Waals surface area (Å²) in [6, 6.07) is 7.73. The van der Waals surface area contributed by atoms with E-state index in [0.29, 0.717) is 6.54 Å². The van der Waals surface area contributed by atoms with Crippen LogP contribution in [0.15, 0.2) is 36.9 Å². The van der Waals surface area contributed by atoms with E-state index in [4.69, 9.17) is 5.26 Å². The summed E-state index contributed by atoms with van der Waals surface area (Å²) in [5.41, 5.74) is 1.51. The van der Waals surface area contributed by atoms with E-state index in [1.165, 1.54) is 0 Å². The van der Waals surface area contributed by atoms with Gasteiger partial charge in [0.1, 0.15) is 11.7 Å². The molecule has 0 aliphatic carbocycles. The molecule has 3 rings (SSSR count). The van der Waals surface area contributed by atoms with E-state index in [1.807, 2.05) is 35.3 Å². The number of aromatic nitrogens is 3. The molecule has 1 aliphatic heterocycles. The molecule has 7 nitrogen and oxygen atoms in total. The third kappa shape index (κ3) is 4.92. The Morgan fingerprint density at radius 1 is 1.37 bits per heavy atom. The van der Waals surface area contributed by atoms with E-state index < -0.39 is 0 Å². The molecule has 1 aliphatic rings. The smallest absolute Gasteiger partial charge is 0.237 e. The Morgan fingerprint density at radius 2 is 2.22 bits per heavy atom. The molecule has 0 radical (unpaired) electrons. The predicted octanol–water partition coefficient (Wildman–Crippen LogP) is 2.22. The zero-order chi connectivity index (χ0) is 19.3. The maximum absolute atomic E-state index is 12.4. The summed E-state index contributed by atoms with van der Waals surface area (Å²) in [7, 11) is 0. The number of rotatable bonds is 7. The molecule has 3 heterocycles. The number of likely N-dealkylation sites (tertiary alicyclic amines) is 1. The van der Waals surface area contributed by atoms with Crippen molar-refractivity contribution in [1.29, 1.82) is 5.26 Å². The topological polar surface area (TPSA) is 86.8 Å². The zero-order valence-electron chi connectivity index (χ0n) is 15.9. The summed E-state index contributed by atoms with van der Waals surface area (Å²) < 4.78 is 2.04. The van der Waals surface area contributed by atoms with Gasteiger partial charge in [-0.3, -0.25) is 9.78 Å². The van der Waals surface area contributed by atoms with Crippen LogP contribution in [0.4, 0.5) is 0 Å². The van der Waals surface area contributed by atoms with Gasteiger partial charge < -0.3 is 14.8 Å². The third-order valence-electron chi connectivity index (χ3n) is 5.00. The van der Waals surface area contributed by atoms with Crippen LogP contribution < -0.4 is 5.32 Å². The minimum absolute atomic E-state index is 0.00666. The van der Waals surface area contributed by atoms with Gasteiger partial charge in [0.05, 0.1) is 24.6 Å². The number of hydrogen-bond donors (Lipinski definition) is 1. The lowest BCUT2D eigenvalue weighted by atomic mass is 10.0. The molecule has 1 N–H and O–H groups in total. The van der Waals surface area contributed by atoms with Gasteiger partial charge in [0.15, 0.2) is 0 Å². The van der Waals surface area contributed by atoms with Gasteiger partial charge in [-0.1, -0.05) is 6.07 Å². The van der Waals surface area contributed by atoms with Crippen LogP contribution in [0.2, 0.25) is 0 Å². The first-order valence-corrected chi connectivity index (χ1v) is 9.36. The molecule has 0 aromatic carbocycles. The summed E-state index contributed by atoms with van der Waals surface area (Å²) in [4.78, 5) is 22.8. The lowest BCUT2D eigenvalue weighted by Gasteiger charge is -2.28. The second-order valence-corrected chi connectivity index (χ2v) is 7.57. The summed E-state index contributed by atoms with van der Waals surface area (Å²) in [6.45, 7) is 5.91. The Hall–Kier alpha value is -2.72. The van der Waals surface area contributed by atoms with E-state index in [9.17, 15) is 4.79 Å². The van der Waals surface area contributed by atoms with Crippen LogP contribution in [0, 0.1) is 11.3 Å². The van der Waals surface area contributed by atoms with Crippen molar-refractivity contribution in [3.05, 3.63) is 36.9 Å². The molecule has 1 amide bonds.